The fraction of sp³-hybridized carbons (Fsp3) is 0.400. The molecule has 0 spiro atoms. The summed E-state index contributed by atoms with van der Waals surface area (Å²) in [5.41, 5.74) is 5.48. The van der Waals surface area contributed by atoms with Gasteiger partial charge < -0.3 is 4.74 Å². The number of hydrogen-bond acceptors (Lipinski definition) is 1. The van der Waals surface area contributed by atoms with Gasteiger partial charge in [-0.05, 0) is 36.1 Å². The van der Waals surface area contributed by atoms with Crippen molar-refractivity contribution in [3.8, 4) is 0 Å². The second-order valence-electron chi connectivity index (χ2n) is 6.05. The monoisotopic (exact) mass is 282 g/mol. The van der Waals surface area contributed by atoms with E-state index < -0.39 is 0 Å². The van der Waals surface area contributed by atoms with Crippen molar-refractivity contribution in [2.75, 3.05) is 13.2 Å². The molecule has 112 valence electrons. The van der Waals surface area contributed by atoms with Crippen LogP contribution in [0.15, 0.2) is 48.5 Å². The molecule has 0 saturated heterocycles. The summed E-state index contributed by atoms with van der Waals surface area (Å²) in [5.74, 6) is 0.880. The summed E-state index contributed by atoms with van der Waals surface area (Å²) in [5, 5.41) is 0. The average Bonchev–Trinajstić information content (AvgIpc) is 2.48. The summed E-state index contributed by atoms with van der Waals surface area (Å²) in [7, 11) is 0. The SMILES string of the molecule is Cc1ccccc1C(C)COCC(C)c1ccccc1C. The van der Waals surface area contributed by atoms with E-state index in [1.54, 1.807) is 0 Å². The molecular weight excluding hydrogens is 256 g/mol. The molecule has 0 fully saturated rings. The second kappa shape index (κ2) is 7.42. The van der Waals surface area contributed by atoms with Gasteiger partial charge in [0.15, 0.2) is 0 Å². The third-order valence-corrected chi connectivity index (χ3v) is 4.17. The number of rotatable bonds is 6. The van der Waals surface area contributed by atoms with Gasteiger partial charge in [-0.3, -0.25) is 0 Å². The lowest BCUT2D eigenvalue weighted by Gasteiger charge is -2.18. The van der Waals surface area contributed by atoms with Crippen LogP contribution in [0.5, 0.6) is 0 Å². The summed E-state index contributed by atoms with van der Waals surface area (Å²) in [6, 6.07) is 17.1. The van der Waals surface area contributed by atoms with Gasteiger partial charge in [0.25, 0.3) is 0 Å². The molecule has 2 rings (SSSR count). The van der Waals surface area contributed by atoms with Gasteiger partial charge in [0.2, 0.25) is 0 Å². The fourth-order valence-electron chi connectivity index (χ4n) is 2.88. The van der Waals surface area contributed by atoms with Crippen molar-refractivity contribution in [1.82, 2.24) is 0 Å². The normalized spacial score (nSPS) is 13.9. The summed E-state index contributed by atoms with van der Waals surface area (Å²) >= 11 is 0. The van der Waals surface area contributed by atoms with E-state index >= 15 is 0 Å². The van der Waals surface area contributed by atoms with E-state index in [4.69, 9.17) is 4.74 Å². The zero-order valence-corrected chi connectivity index (χ0v) is 13.6. The van der Waals surface area contributed by atoms with Crippen LogP contribution >= 0.6 is 0 Å². The molecule has 1 nitrogen and oxygen atoms in total. The molecule has 0 heterocycles. The van der Waals surface area contributed by atoms with Crippen LogP contribution < -0.4 is 0 Å². The van der Waals surface area contributed by atoms with Gasteiger partial charge in [-0.25, -0.2) is 0 Å². The van der Waals surface area contributed by atoms with Gasteiger partial charge in [-0.15, -0.1) is 0 Å². The second-order valence-corrected chi connectivity index (χ2v) is 6.05. The van der Waals surface area contributed by atoms with Crippen molar-refractivity contribution in [3.63, 3.8) is 0 Å². The number of aryl methyl sites for hydroxylation is 2. The quantitative estimate of drug-likeness (QED) is 0.705. The molecule has 2 unspecified atom stereocenters. The number of ether oxygens (including phenoxy) is 1. The van der Waals surface area contributed by atoms with Gasteiger partial charge in [0.05, 0.1) is 13.2 Å². The molecule has 21 heavy (non-hydrogen) atoms. The topological polar surface area (TPSA) is 9.23 Å². The largest absolute Gasteiger partial charge is 0.380 e. The maximum atomic E-state index is 5.98. The van der Waals surface area contributed by atoms with E-state index in [1.807, 2.05) is 0 Å². The highest BCUT2D eigenvalue weighted by Gasteiger charge is 2.11. The van der Waals surface area contributed by atoms with Gasteiger partial charge in [0.1, 0.15) is 0 Å². The third kappa shape index (κ3) is 4.18. The van der Waals surface area contributed by atoms with E-state index in [0.717, 1.165) is 13.2 Å². The average molecular weight is 282 g/mol. The minimum atomic E-state index is 0.440. The minimum Gasteiger partial charge on any atom is -0.380 e. The van der Waals surface area contributed by atoms with Gasteiger partial charge >= 0.3 is 0 Å². The van der Waals surface area contributed by atoms with E-state index in [9.17, 15) is 0 Å². The molecule has 0 bridgehead atoms. The van der Waals surface area contributed by atoms with Crippen LogP contribution in [0.2, 0.25) is 0 Å². The van der Waals surface area contributed by atoms with Crippen molar-refractivity contribution in [2.45, 2.75) is 39.5 Å². The smallest absolute Gasteiger partial charge is 0.0532 e. The highest BCUT2D eigenvalue weighted by Crippen LogP contribution is 2.22. The van der Waals surface area contributed by atoms with E-state index in [2.05, 4.69) is 76.2 Å². The van der Waals surface area contributed by atoms with Crippen molar-refractivity contribution in [3.05, 3.63) is 70.8 Å². The molecule has 0 aliphatic heterocycles. The zero-order chi connectivity index (χ0) is 15.2. The van der Waals surface area contributed by atoms with Crippen LogP contribution in [0.25, 0.3) is 0 Å². The summed E-state index contributed by atoms with van der Waals surface area (Å²) < 4.78 is 5.98. The molecule has 0 aliphatic rings. The Kier molecular flexibility index (Phi) is 5.58. The first-order valence-electron chi connectivity index (χ1n) is 7.78. The van der Waals surface area contributed by atoms with E-state index in [0.29, 0.717) is 11.8 Å². The summed E-state index contributed by atoms with van der Waals surface area (Å²) in [6.07, 6.45) is 0. The Hall–Kier alpha value is -1.60. The first kappa shape index (κ1) is 15.8. The summed E-state index contributed by atoms with van der Waals surface area (Å²) in [6.45, 7) is 10.4. The Balaban J connectivity index is 1.87. The van der Waals surface area contributed by atoms with Crippen LogP contribution in [0.4, 0.5) is 0 Å². The number of benzene rings is 2. The molecule has 0 aliphatic carbocycles. The maximum absolute atomic E-state index is 5.98. The van der Waals surface area contributed by atoms with Crippen LogP contribution in [-0.4, -0.2) is 13.2 Å². The molecule has 1 heteroatoms. The Morgan fingerprint density at radius 3 is 1.48 bits per heavy atom. The lowest BCUT2D eigenvalue weighted by Crippen LogP contribution is -2.11. The van der Waals surface area contributed by atoms with Crippen molar-refractivity contribution < 1.29 is 4.74 Å². The first-order chi connectivity index (χ1) is 10.1. The Morgan fingerprint density at radius 2 is 1.10 bits per heavy atom. The van der Waals surface area contributed by atoms with E-state index in [-0.39, 0.29) is 0 Å². The van der Waals surface area contributed by atoms with E-state index in [1.165, 1.54) is 22.3 Å². The zero-order valence-electron chi connectivity index (χ0n) is 13.6. The lowest BCUT2D eigenvalue weighted by molar-refractivity contribution is 0.113. The molecule has 0 amide bonds. The van der Waals surface area contributed by atoms with Crippen molar-refractivity contribution in [2.24, 2.45) is 0 Å². The molecule has 0 radical (unpaired) electrons. The van der Waals surface area contributed by atoms with Crippen LogP contribution in [0.1, 0.15) is 47.9 Å². The van der Waals surface area contributed by atoms with Gasteiger partial charge in [-0.1, -0.05) is 62.4 Å². The Labute approximate surface area is 129 Å². The Bertz CT molecular complexity index is 522. The van der Waals surface area contributed by atoms with Crippen LogP contribution in [0, 0.1) is 13.8 Å². The molecule has 2 aromatic rings. The highest BCUT2D eigenvalue weighted by molar-refractivity contribution is 5.29. The maximum Gasteiger partial charge on any atom is 0.0532 e. The van der Waals surface area contributed by atoms with Crippen LogP contribution in [0.3, 0.4) is 0 Å². The molecule has 0 saturated carbocycles. The van der Waals surface area contributed by atoms with Crippen LogP contribution in [-0.2, 0) is 4.74 Å². The van der Waals surface area contributed by atoms with Gasteiger partial charge in [-0.2, -0.15) is 0 Å². The van der Waals surface area contributed by atoms with Crippen molar-refractivity contribution in [1.29, 1.82) is 0 Å². The predicted octanol–water partition coefficient (Wildman–Crippen LogP) is 5.23. The fourth-order valence-corrected chi connectivity index (χ4v) is 2.88. The third-order valence-electron chi connectivity index (χ3n) is 4.17. The minimum absolute atomic E-state index is 0.440. The number of hydrogen-bond donors (Lipinski definition) is 0. The van der Waals surface area contributed by atoms with Crippen molar-refractivity contribution >= 4 is 0 Å². The molecule has 2 atom stereocenters. The molecule has 0 aromatic heterocycles. The highest BCUT2D eigenvalue weighted by atomic mass is 16.5. The molecule has 0 N–H and O–H groups in total. The Morgan fingerprint density at radius 1 is 0.714 bits per heavy atom. The lowest BCUT2D eigenvalue weighted by atomic mass is 9.96. The summed E-state index contributed by atoms with van der Waals surface area (Å²) in [4.78, 5) is 0. The van der Waals surface area contributed by atoms with Gasteiger partial charge in [0, 0.05) is 11.8 Å². The molecular formula is C20H26O. The standard InChI is InChI=1S/C20H26O/c1-15-9-5-7-11-19(15)17(3)13-21-14-18(4)20-12-8-6-10-16(20)2/h5-12,17-18H,13-14H2,1-4H3. The first-order valence-corrected chi connectivity index (χ1v) is 7.78. The predicted molar refractivity (Wildman–Crippen MR) is 90.0 cm³/mol. The molecule has 2 aromatic carbocycles.